The molecule has 2 fully saturated rings. The lowest BCUT2D eigenvalue weighted by Crippen LogP contribution is -2.24. The monoisotopic (exact) mass is 450 g/mol. The Morgan fingerprint density at radius 3 is 2.84 bits per heavy atom. The Labute approximate surface area is 180 Å². The van der Waals surface area contributed by atoms with Crippen LogP contribution in [-0.4, -0.2) is 57.8 Å². The molecule has 2 heterocycles. The largest absolute Gasteiger partial charge is 0.393 e. The van der Waals surface area contributed by atoms with E-state index in [0.29, 0.717) is 36.2 Å². The number of carbonyl (C=O) groups is 1. The lowest BCUT2D eigenvalue weighted by molar-refractivity contribution is 0.101. The molecule has 12 heteroatoms. The van der Waals surface area contributed by atoms with Gasteiger partial charge in [-0.15, -0.1) is 0 Å². The molecule has 2 saturated carbocycles. The number of nitrogens with zero attached hydrogens (tertiary/aromatic N) is 4. The van der Waals surface area contributed by atoms with E-state index in [0.717, 1.165) is 6.54 Å². The minimum atomic E-state index is -4.07. The third-order valence-corrected chi connectivity index (χ3v) is 6.44. The first-order chi connectivity index (χ1) is 14.7. The number of nitrogens with two attached hydrogens (primary N) is 1. The summed E-state index contributed by atoms with van der Waals surface area (Å²) < 4.78 is 28.4. The molecule has 168 valence electrons. The third-order valence-electron chi connectivity index (χ3n) is 5.97. The standard InChI is InChI=1S/C19H26N6O5S/c1-11-4-12(11)8-25-3-2-16(24-25)18(27)15-7-21-10-22-19(15)23-14-5-13(17(26)6-14)9-30-31(20,28)29/h2-3,7,10-14,17,26H,4-6,8-9H2,1H3,(H2,20,28,29)(H,21,22,23)/t11-,12+,13+,14+,17-/m0/s1. The van der Waals surface area contributed by atoms with Crippen molar-refractivity contribution in [2.75, 3.05) is 11.9 Å². The molecule has 2 aromatic rings. The van der Waals surface area contributed by atoms with E-state index >= 15 is 0 Å². The molecule has 0 saturated heterocycles. The van der Waals surface area contributed by atoms with Gasteiger partial charge in [-0.2, -0.15) is 13.5 Å². The maximum atomic E-state index is 13.0. The number of hydrogen-bond acceptors (Lipinski definition) is 9. The van der Waals surface area contributed by atoms with Crippen LogP contribution in [0.5, 0.6) is 0 Å². The summed E-state index contributed by atoms with van der Waals surface area (Å²) in [5.41, 5.74) is 0.600. The van der Waals surface area contributed by atoms with Crippen molar-refractivity contribution >= 4 is 21.9 Å². The maximum absolute atomic E-state index is 13.0. The highest BCUT2D eigenvalue weighted by Crippen LogP contribution is 2.38. The molecule has 4 N–H and O–H groups in total. The van der Waals surface area contributed by atoms with Crippen LogP contribution in [0.15, 0.2) is 24.8 Å². The Morgan fingerprint density at radius 2 is 2.13 bits per heavy atom. The first-order valence-corrected chi connectivity index (χ1v) is 11.7. The Bertz CT molecular complexity index is 1060. The number of anilines is 1. The van der Waals surface area contributed by atoms with Crippen molar-refractivity contribution in [1.82, 2.24) is 19.7 Å². The van der Waals surface area contributed by atoms with Crippen LogP contribution in [0.25, 0.3) is 0 Å². The topological polar surface area (TPSA) is 162 Å². The summed E-state index contributed by atoms with van der Waals surface area (Å²) in [6, 6.07) is 1.46. The zero-order valence-electron chi connectivity index (χ0n) is 17.1. The lowest BCUT2D eigenvalue weighted by atomic mass is 10.1. The van der Waals surface area contributed by atoms with Crippen LogP contribution in [0, 0.1) is 17.8 Å². The number of carbonyl (C=O) groups excluding carboxylic acids is 1. The molecule has 11 nitrogen and oxygen atoms in total. The molecule has 2 aromatic heterocycles. The van der Waals surface area contributed by atoms with Gasteiger partial charge >= 0.3 is 10.3 Å². The van der Waals surface area contributed by atoms with E-state index in [1.165, 1.54) is 18.9 Å². The van der Waals surface area contributed by atoms with Crippen molar-refractivity contribution in [3.8, 4) is 0 Å². The van der Waals surface area contributed by atoms with Gasteiger partial charge in [0.15, 0.2) is 0 Å². The summed E-state index contributed by atoms with van der Waals surface area (Å²) >= 11 is 0. The number of aliphatic hydroxyl groups is 1. The molecule has 31 heavy (non-hydrogen) atoms. The Hall–Kier alpha value is -2.41. The average molecular weight is 451 g/mol. The van der Waals surface area contributed by atoms with Crippen LogP contribution in [0.2, 0.25) is 0 Å². The van der Waals surface area contributed by atoms with Gasteiger partial charge in [0.2, 0.25) is 5.78 Å². The fourth-order valence-corrected chi connectivity index (χ4v) is 4.37. The minimum Gasteiger partial charge on any atom is -0.393 e. The molecule has 0 amide bonds. The summed E-state index contributed by atoms with van der Waals surface area (Å²) in [5, 5.41) is 22.6. The fraction of sp³-hybridized carbons (Fsp3) is 0.579. The van der Waals surface area contributed by atoms with Crippen molar-refractivity contribution in [3.05, 3.63) is 36.0 Å². The van der Waals surface area contributed by atoms with Crippen LogP contribution in [-0.2, 0) is 21.0 Å². The van der Waals surface area contributed by atoms with Crippen LogP contribution >= 0.6 is 0 Å². The summed E-state index contributed by atoms with van der Waals surface area (Å²) in [7, 11) is -4.07. The minimum absolute atomic E-state index is 0.204. The molecule has 2 aliphatic rings. The number of rotatable bonds is 9. The second-order valence-corrected chi connectivity index (χ2v) is 9.65. The van der Waals surface area contributed by atoms with Crippen LogP contribution in [0.1, 0.15) is 42.2 Å². The van der Waals surface area contributed by atoms with Crippen molar-refractivity contribution in [3.63, 3.8) is 0 Å². The van der Waals surface area contributed by atoms with Gasteiger partial charge in [0, 0.05) is 30.9 Å². The molecular formula is C19H26N6O5S. The van der Waals surface area contributed by atoms with E-state index in [1.54, 1.807) is 16.9 Å². The van der Waals surface area contributed by atoms with Crippen molar-refractivity contribution in [2.45, 2.75) is 44.9 Å². The molecule has 2 aliphatic carbocycles. The van der Waals surface area contributed by atoms with Gasteiger partial charge < -0.3 is 10.4 Å². The van der Waals surface area contributed by atoms with E-state index in [1.807, 2.05) is 0 Å². The van der Waals surface area contributed by atoms with Gasteiger partial charge in [0.25, 0.3) is 0 Å². The van der Waals surface area contributed by atoms with Crippen molar-refractivity contribution in [2.24, 2.45) is 22.9 Å². The van der Waals surface area contributed by atoms with Gasteiger partial charge in [-0.25, -0.2) is 15.1 Å². The molecule has 0 unspecified atom stereocenters. The van der Waals surface area contributed by atoms with E-state index in [4.69, 9.17) is 5.14 Å². The zero-order chi connectivity index (χ0) is 22.2. The fourth-order valence-electron chi connectivity index (χ4n) is 4.00. The zero-order valence-corrected chi connectivity index (χ0v) is 17.9. The Balaban J connectivity index is 1.42. The van der Waals surface area contributed by atoms with Crippen molar-refractivity contribution < 1.29 is 22.5 Å². The van der Waals surface area contributed by atoms with Crippen LogP contribution < -0.4 is 10.5 Å². The maximum Gasteiger partial charge on any atom is 0.333 e. The number of aliphatic hydroxyl groups excluding tert-OH is 1. The van der Waals surface area contributed by atoms with E-state index < -0.39 is 22.3 Å². The van der Waals surface area contributed by atoms with Crippen LogP contribution in [0.4, 0.5) is 5.82 Å². The predicted molar refractivity (Wildman–Crippen MR) is 110 cm³/mol. The van der Waals surface area contributed by atoms with Gasteiger partial charge in [-0.05, 0) is 37.2 Å². The molecule has 0 radical (unpaired) electrons. The van der Waals surface area contributed by atoms with Gasteiger partial charge in [-0.1, -0.05) is 6.92 Å². The second-order valence-electron chi connectivity index (χ2n) is 8.43. The summed E-state index contributed by atoms with van der Waals surface area (Å²) in [5.74, 6) is 0.953. The predicted octanol–water partition coefficient (Wildman–Crippen LogP) is 0.332. The van der Waals surface area contributed by atoms with Crippen molar-refractivity contribution in [1.29, 1.82) is 0 Å². The smallest absolute Gasteiger partial charge is 0.333 e. The lowest BCUT2D eigenvalue weighted by Gasteiger charge is -2.15. The number of ketones is 1. The number of aromatic nitrogens is 4. The summed E-state index contributed by atoms with van der Waals surface area (Å²) in [6.45, 7) is 2.79. The van der Waals surface area contributed by atoms with Gasteiger partial charge in [-0.3, -0.25) is 13.7 Å². The Morgan fingerprint density at radius 1 is 1.35 bits per heavy atom. The SMILES string of the molecule is C[C@H]1C[C@@H]1Cn1ccc(C(=O)c2cncnc2N[C@@H]2C[C@H](COS(N)(=O)=O)[C@@H](O)C2)n1. The quantitative estimate of drug-likeness (QED) is 0.457. The first-order valence-electron chi connectivity index (χ1n) is 10.2. The normalized spacial score (nSPS) is 27.9. The summed E-state index contributed by atoms with van der Waals surface area (Å²) in [4.78, 5) is 21.2. The molecule has 0 bridgehead atoms. The summed E-state index contributed by atoms with van der Waals surface area (Å²) in [6.07, 6.45) is 5.78. The van der Waals surface area contributed by atoms with Gasteiger partial charge in [0.05, 0.1) is 18.3 Å². The molecule has 0 aliphatic heterocycles. The average Bonchev–Trinajstić information content (AvgIpc) is 3.07. The van der Waals surface area contributed by atoms with Crippen LogP contribution in [0.3, 0.4) is 0 Å². The second kappa shape index (κ2) is 8.61. The highest BCUT2D eigenvalue weighted by Gasteiger charge is 2.35. The number of nitrogens with one attached hydrogen (secondary N) is 1. The van der Waals surface area contributed by atoms with E-state index in [2.05, 4.69) is 31.5 Å². The molecule has 4 rings (SSSR count). The molecule has 5 atom stereocenters. The highest BCUT2D eigenvalue weighted by molar-refractivity contribution is 7.84. The number of hydrogen-bond donors (Lipinski definition) is 3. The first kappa shape index (κ1) is 21.8. The molecule has 0 spiro atoms. The Kier molecular flexibility index (Phi) is 6.06. The third kappa shape index (κ3) is 5.45. The molecular weight excluding hydrogens is 424 g/mol. The molecule has 0 aromatic carbocycles. The van der Waals surface area contributed by atoms with E-state index in [9.17, 15) is 18.3 Å². The van der Waals surface area contributed by atoms with E-state index in [-0.39, 0.29) is 24.0 Å². The van der Waals surface area contributed by atoms with Gasteiger partial charge in [0.1, 0.15) is 17.8 Å². The highest BCUT2D eigenvalue weighted by atomic mass is 32.2.